The number of benzene rings is 2. The zero-order valence-corrected chi connectivity index (χ0v) is 12.6. The fraction of sp³-hybridized carbons (Fsp3) is 0.278. The largest absolute Gasteiger partial charge is 0.479 e. The van der Waals surface area contributed by atoms with Crippen LogP contribution in [0.3, 0.4) is 0 Å². The van der Waals surface area contributed by atoms with E-state index in [1.807, 2.05) is 65.6 Å². The molecule has 116 valence electrons. The molecule has 0 fully saturated rings. The predicted octanol–water partition coefficient (Wildman–Crippen LogP) is 2.52. The molecule has 2 aromatic rings. The highest BCUT2D eigenvalue weighted by Crippen LogP contribution is 2.14. The summed E-state index contributed by atoms with van der Waals surface area (Å²) in [7, 11) is 0. The van der Waals surface area contributed by atoms with Gasteiger partial charge < -0.3 is 10.2 Å². The van der Waals surface area contributed by atoms with Crippen LogP contribution in [0.5, 0.6) is 0 Å². The minimum Gasteiger partial charge on any atom is -0.479 e. The topological polar surface area (TPSA) is 60.8 Å². The van der Waals surface area contributed by atoms with Crippen molar-refractivity contribution in [2.24, 2.45) is 0 Å². The molecule has 0 unspecified atom stereocenters. The second kappa shape index (κ2) is 7.20. The Hall–Kier alpha value is -2.17. The maximum absolute atomic E-state index is 11.2. The molecule has 0 radical (unpaired) electrons. The quantitative estimate of drug-likeness (QED) is 0.825. The van der Waals surface area contributed by atoms with E-state index in [0.717, 1.165) is 11.1 Å². The molecule has 0 aliphatic rings. The molecule has 4 heteroatoms. The summed E-state index contributed by atoms with van der Waals surface area (Å²) in [6.45, 7) is 2.56. The van der Waals surface area contributed by atoms with Crippen molar-refractivity contribution in [2.75, 3.05) is 6.54 Å². The lowest BCUT2D eigenvalue weighted by molar-refractivity contribution is -0.158. The zero-order chi connectivity index (χ0) is 16.0. The van der Waals surface area contributed by atoms with E-state index in [4.69, 9.17) is 5.11 Å². The standard InChI is InChI=1S/C18H21NO3/c1-18(22,17(20)21)14-19(12-15-8-4-2-5-9-15)13-16-10-6-3-7-11-16/h2-11,22H,12-14H2,1H3,(H,20,21)/t18-/m0/s1. The molecule has 0 amide bonds. The van der Waals surface area contributed by atoms with Crippen molar-refractivity contribution < 1.29 is 15.0 Å². The summed E-state index contributed by atoms with van der Waals surface area (Å²) >= 11 is 0. The third kappa shape index (κ3) is 4.69. The van der Waals surface area contributed by atoms with Crippen molar-refractivity contribution in [2.45, 2.75) is 25.6 Å². The van der Waals surface area contributed by atoms with E-state index in [1.165, 1.54) is 6.92 Å². The van der Waals surface area contributed by atoms with E-state index in [9.17, 15) is 9.90 Å². The van der Waals surface area contributed by atoms with Gasteiger partial charge in [-0.15, -0.1) is 0 Å². The molecule has 0 saturated heterocycles. The highest BCUT2D eigenvalue weighted by Gasteiger charge is 2.32. The van der Waals surface area contributed by atoms with Crippen molar-refractivity contribution in [3.05, 3.63) is 71.8 Å². The van der Waals surface area contributed by atoms with Crippen LogP contribution in [0.15, 0.2) is 60.7 Å². The molecule has 2 aromatic carbocycles. The molecular weight excluding hydrogens is 278 g/mol. The Bertz CT molecular complexity index is 555. The molecule has 0 aliphatic carbocycles. The van der Waals surface area contributed by atoms with Crippen LogP contribution < -0.4 is 0 Å². The first-order chi connectivity index (χ1) is 10.5. The number of carboxylic acids is 1. The fourth-order valence-corrected chi connectivity index (χ4v) is 2.35. The monoisotopic (exact) mass is 299 g/mol. The fourth-order valence-electron chi connectivity index (χ4n) is 2.35. The van der Waals surface area contributed by atoms with Crippen LogP contribution in [-0.2, 0) is 17.9 Å². The lowest BCUT2D eigenvalue weighted by Gasteiger charge is -2.29. The van der Waals surface area contributed by atoms with Gasteiger partial charge in [0.05, 0.1) is 0 Å². The van der Waals surface area contributed by atoms with Crippen LogP contribution in [0.4, 0.5) is 0 Å². The summed E-state index contributed by atoms with van der Waals surface area (Å²) < 4.78 is 0. The number of hydrogen-bond donors (Lipinski definition) is 2. The van der Waals surface area contributed by atoms with Crippen LogP contribution in [0.1, 0.15) is 18.1 Å². The second-order valence-corrected chi connectivity index (χ2v) is 5.70. The number of rotatable bonds is 7. The first-order valence-electron chi connectivity index (χ1n) is 7.23. The van der Waals surface area contributed by atoms with E-state index < -0.39 is 11.6 Å². The number of carbonyl (C=O) groups is 1. The van der Waals surface area contributed by atoms with Gasteiger partial charge in [-0.05, 0) is 18.1 Å². The summed E-state index contributed by atoms with van der Waals surface area (Å²) in [5, 5.41) is 19.2. The molecule has 1 atom stereocenters. The Balaban J connectivity index is 2.15. The van der Waals surface area contributed by atoms with Crippen LogP contribution >= 0.6 is 0 Å². The number of carboxylic acid groups (broad SMARTS) is 1. The summed E-state index contributed by atoms with van der Waals surface area (Å²) in [5.74, 6) is -1.21. The molecule has 0 heterocycles. The summed E-state index contributed by atoms with van der Waals surface area (Å²) in [4.78, 5) is 13.1. The smallest absolute Gasteiger partial charge is 0.336 e. The summed E-state index contributed by atoms with van der Waals surface area (Å²) in [6, 6.07) is 19.7. The van der Waals surface area contributed by atoms with Crippen molar-refractivity contribution in [1.29, 1.82) is 0 Å². The second-order valence-electron chi connectivity index (χ2n) is 5.70. The van der Waals surface area contributed by atoms with Gasteiger partial charge in [0.15, 0.2) is 5.60 Å². The average molecular weight is 299 g/mol. The molecule has 0 saturated carbocycles. The Morgan fingerprint density at radius 3 is 1.73 bits per heavy atom. The SMILES string of the molecule is C[C@](O)(CN(Cc1ccccc1)Cc1ccccc1)C(=O)O. The molecule has 0 spiro atoms. The van der Waals surface area contributed by atoms with Crippen LogP contribution in [0.25, 0.3) is 0 Å². The molecular formula is C18H21NO3. The van der Waals surface area contributed by atoms with Gasteiger partial charge in [0.1, 0.15) is 0 Å². The van der Waals surface area contributed by atoms with Gasteiger partial charge >= 0.3 is 5.97 Å². The Labute approximate surface area is 130 Å². The number of hydrogen-bond acceptors (Lipinski definition) is 3. The minimum atomic E-state index is -1.77. The van der Waals surface area contributed by atoms with Crippen molar-refractivity contribution >= 4 is 5.97 Å². The van der Waals surface area contributed by atoms with Gasteiger partial charge in [0.2, 0.25) is 0 Å². The molecule has 2 rings (SSSR count). The highest BCUT2D eigenvalue weighted by atomic mass is 16.4. The van der Waals surface area contributed by atoms with Gasteiger partial charge in [0.25, 0.3) is 0 Å². The van der Waals surface area contributed by atoms with E-state index >= 15 is 0 Å². The van der Waals surface area contributed by atoms with Gasteiger partial charge in [-0.2, -0.15) is 0 Å². The van der Waals surface area contributed by atoms with E-state index in [1.54, 1.807) is 0 Å². The van der Waals surface area contributed by atoms with Crippen LogP contribution in [-0.4, -0.2) is 33.2 Å². The molecule has 0 aromatic heterocycles. The Morgan fingerprint density at radius 1 is 0.955 bits per heavy atom. The average Bonchev–Trinajstić information content (AvgIpc) is 2.48. The van der Waals surface area contributed by atoms with Crippen LogP contribution in [0, 0.1) is 0 Å². The predicted molar refractivity (Wildman–Crippen MR) is 85.3 cm³/mol. The Morgan fingerprint density at radius 2 is 1.36 bits per heavy atom. The third-order valence-corrected chi connectivity index (χ3v) is 3.49. The number of nitrogens with zero attached hydrogens (tertiary/aromatic N) is 1. The normalized spacial score (nSPS) is 13.8. The minimum absolute atomic E-state index is 0.0616. The van der Waals surface area contributed by atoms with Crippen molar-refractivity contribution in [1.82, 2.24) is 4.90 Å². The highest BCUT2D eigenvalue weighted by molar-refractivity contribution is 5.76. The van der Waals surface area contributed by atoms with Gasteiger partial charge in [-0.3, -0.25) is 4.90 Å². The molecule has 0 aliphatic heterocycles. The maximum Gasteiger partial charge on any atom is 0.336 e. The first kappa shape index (κ1) is 16.2. The van der Waals surface area contributed by atoms with Gasteiger partial charge in [0, 0.05) is 19.6 Å². The molecule has 4 nitrogen and oxygen atoms in total. The first-order valence-corrected chi connectivity index (χ1v) is 7.23. The zero-order valence-electron chi connectivity index (χ0n) is 12.6. The summed E-state index contributed by atoms with van der Waals surface area (Å²) in [6.07, 6.45) is 0. The lowest BCUT2D eigenvalue weighted by atomic mass is 10.1. The molecule has 2 N–H and O–H groups in total. The Kier molecular flexibility index (Phi) is 5.31. The maximum atomic E-state index is 11.2. The summed E-state index contributed by atoms with van der Waals surface area (Å²) in [5.41, 5.74) is 0.392. The van der Waals surface area contributed by atoms with Crippen LogP contribution in [0.2, 0.25) is 0 Å². The molecule has 0 bridgehead atoms. The lowest BCUT2D eigenvalue weighted by Crippen LogP contribution is -2.46. The van der Waals surface area contributed by atoms with Crippen molar-refractivity contribution in [3.63, 3.8) is 0 Å². The van der Waals surface area contributed by atoms with Gasteiger partial charge in [-0.25, -0.2) is 4.79 Å². The van der Waals surface area contributed by atoms with E-state index in [0.29, 0.717) is 13.1 Å². The molecule has 22 heavy (non-hydrogen) atoms. The van der Waals surface area contributed by atoms with Gasteiger partial charge in [-0.1, -0.05) is 60.7 Å². The third-order valence-electron chi connectivity index (χ3n) is 3.49. The number of aliphatic hydroxyl groups is 1. The van der Waals surface area contributed by atoms with Crippen molar-refractivity contribution in [3.8, 4) is 0 Å². The number of aliphatic carboxylic acids is 1. The van der Waals surface area contributed by atoms with E-state index in [2.05, 4.69) is 0 Å². The van der Waals surface area contributed by atoms with E-state index in [-0.39, 0.29) is 6.54 Å².